The summed E-state index contributed by atoms with van der Waals surface area (Å²) in [6, 6.07) is 14.6. The third kappa shape index (κ3) is 2.38. The first-order valence-electron chi connectivity index (χ1n) is 5.84. The van der Waals surface area contributed by atoms with E-state index in [0.29, 0.717) is 13.1 Å². The van der Waals surface area contributed by atoms with E-state index in [1.54, 1.807) is 0 Å². The van der Waals surface area contributed by atoms with Crippen LogP contribution in [0.15, 0.2) is 42.5 Å². The van der Waals surface area contributed by atoms with Crippen LogP contribution in [0.2, 0.25) is 0 Å². The van der Waals surface area contributed by atoms with Gasteiger partial charge in [0.15, 0.2) is 0 Å². The van der Waals surface area contributed by atoms with Crippen molar-refractivity contribution in [3.8, 4) is 11.1 Å². The Morgan fingerprint density at radius 3 is 2.18 bits per heavy atom. The molecule has 2 aromatic carbocycles. The lowest BCUT2D eigenvalue weighted by Crippen LogP contribution is -2.03. The van der Waals surface area contributed by atoms with Gasteiger partial charge in [0.1, 0.15) is 0 Å². The molecule has 0 fully saturated rings. The molecule has 0 radical (unpaired) electrons. The van der Waals surface area contributed by atoms with E-state index in [4.69, 9.17) is 11.5 Å². The van der Waals surface area contributed by atoms with E-state index in [1.807, 2.05) is 12.1 Å². The van der Waals surface area contributed by atoms with E-state index in [-0.39, 0.29) is 0 Å². The van der Waals surface area contributed by atoms with E-state index < -0.39 is 0 Å². The zero-order valence-corrected chi connectivity index (χ0v) is 10.1. The van der Waals surface area contributed by atoms with E-state index >= 15 is 0 Å². The normalized spacial score (nSPS) is 10.5. The molecule has 0 aliphatic heterocycles. The average Bonchev–Trinajstić information content (AvgIpc) is 2.38. The second-order valence-electron chi connectivity index (χ2n) is 4.23. The van der Waals surface area contributed by atoms with Gasteiger partial charge in [-0.3, -0.25) is 0 Å². The maximum atomic E-state index is 5.80. The third-order valence-corrected chi connectivity index (χ3v) is 3.01. The fraction of sp³-hybridized carbons (Fsp3) is 0.200. The fourth-order valence-electron chi connectivity index (χ4n) is 2.08. The van der Waals surface area contributed by atoms with Gasteiger partial charge in [-0.05, 0) is 29.2 Å². The van der Waals surface area contributed by atoms with E-state index in [2.05, 4.69) is 37.3 Å². The van der Waals surface area contributed by atoms with Crippen LogP contribution in [0.4, 0.5) is 0 Å². The van der Waals surface area contributed by atoms with Crippen molar-refractivity contribution in [1.82, 2.24) is 0 Å². The smallest absolute Gasteiger partial charge is 0.0184 e. The highest BCUT2D eigenvalue weighted by Crippen LogP contribution is 2.27. The van der Waals surface area contributed by atoms with Gasteiger partial charge in [0, 0.05) is 13.1 Å². The van der Waals surface area contributed by atoms with Crippen LogP contribution in [0.1, 0.15) is 16.7 Å². The quantitative estimate of drug-likeness (QED) is 0.845. The first-order chi connectivity index (χ1) is 8.26. The van der Waals surface area contributed by atoms with Gasteiger partial charge in [-0.15, -0.1) is 0 Å². The molecule has 88 valence electrons. The van der Waals surface area contributed by atoms with Crippen LogP contribution >= 0.6 is 0 Å². The molecule has 0 aliphatic rings. The van der Waals surface area contributed by atoms with Crippen molar-refractivity contribution in [2.75, 3.05) is 0 Å². The van der Waals surface area contributed by atoms with Crippen LogP contribution in [0.5, 0.6) is 0 Å². The van der Waals surface area contributed by atoms with Gasteiger partial charge in [0.2, 0.25) is 0 Å². The Morgan fingerprint density at radius 2 is 1.47 bits per heavy atom. The van der Waals surface area contributed by atoms with Crippen molar-refractivity contribution in [2.45, 2.75) is 20.0 Å². The molecular formula is C15H18N2. The van der Waals surface area contributed by atoms with Crippen LogP contribution in [0.3, 0.4) is 0 Å². The maximum absolute atomic E-state index is 5.80. The molecule has 2 aromatic rings. The second-order valence-corrected chi connectivity index (χ2v) is 4.23. The number of hydrogen-bond acceptors (Lipinski definition) is 2. The lowest BCUT2D eigenvalue weighted by atomic mass is 9.94. The molecule has 0 atom stereocenters. The summed E-state index contributed by atoms with van der Waals surface area (Å²) in [7, 11) is 0. The lowest BCUT2D eigenvalue weighted by molar-refractivity contribution is 1.05. The number of benzene rings is 2. The van der Waals surface area contributed by atoms with Gasteiger partial charge in [-0.1, -0.05) is 48.0 Å². The molecule has 0 bridgehead atoms. The number of aryl methyl sites for hydroxylation is 1. The van der Waals surface area contributed by atoms with Crippen LogP contribution in [0.25, 0.3) is 11.1 Å². The minimum atomic E-state index is 0.550. The Balaban J connectivity index is 2.62. The van der Waals surface area contributed by atoms with Crippen LogP contribution in [0, 0.1) is 6.92 Å². The Morgan fingerprint density at radius 1 is 0.824 bits per heavy atom. The molecule has 0 aromatic heterocycles. The molecule has 0 unspecified atom stereocenters. The van der Waals surface area contributed by atoms with Crippen LogP contribution < -0.4 is 11.5 Å². The van der Waals surface area contributed by atoms with Gasteiger partial charge in [-0.2, -0.15) is 0 Å². The average molecular weight is 226 g/mol. The Hall–Kier alpha value is -1.64. The number of hydrogen-bond donors (Lipinski definition) is 2. The summed E-state index contributed by atoms with van der Waals surface area (Å²) in [6.07, 6.45) is 0. The highest BCUT2D eigenvalue weighted by Gasteiger charge is 2.07. The predicted molar refractivity (Wildman–Crippen MR) is 72.4 cm³/mol. The first-order valence-corrected chi connectivity index (χ1v) is 5.84. The molecule has 0 spiro atoms. The molecule has 0 saturated heterocycles. The van der Waals surface area contributed by atoms with Crippen molar-refractivity contribution >= 4 is 0 Å². The Labute approximate surface area is 102 Å². The lowest BCUT2D eigenvalue weighted by Gasteiger charge is -2.13. The topological polar surface area (TPSA) is 52.0 Å². The second kappa shape index (κ2) is 5.13. The SMILES string of the molecule is Cc1ccc(CN)c(-c2ccccc2CN)c1. The first kappa shape index (κ1) is 11.8. The Kier molecular flexibility index (Phi) is 3.57. The molecule has 2 nitrogen and oxygen atoms in total. The molecule has 4 N–H and O–H groups in total. The summed E-state index contributed by atoms with van der Waals surface area (Å²) >= 11 is 0. The molecule has 0 amide bonds. The summed E-state index contributed by atoms with van der Waals surface area (Å²) in [5.74, 6) is 0. The number of nitrogens with two attached hydrogens (primary N) is 2. The summed E-state index contributed by atoms with van der Waals surface area (Å²) < 4.78 is 0. The zero-order valence-electron chi connectivity index (χ0n) is 10.1. The minimum absolute atomic E-state index is 0.550. The highest BCUT2D eigenvalue weighted by atomic mass is 14.5. The van der Waals surface area contributed by atoms with Crippen molar-refractivity contribution in [3.63, 3.8) is 0 Å². The van der Waals surface area contributed by atoms with Gasteiger partial charge in [-0.25, -0.2) is 0 Å². The third-order valence-electron chi connectivity index (χ3n) is 3.01. The van der Waals surface area contributed by atoms with Crippen molar-refractivity contribution in [1.29, 1.82) is 0 Å². The Bertz CT molecular complexity index is 518. The van der Waals surface area contributed by atoms with E-state index in [1.165, 1.54) is 16.7 Å². The summed E-state index contributed by atoms with van der Waals surface area (Å²) in [5, 5.41) is 0. The van der Waals surface area contributed by atoms with Crippen molar-refractivity contribution in [2.24, 2.45) is 11.5 Å². The molecule has 17 heavy (non-hydrogen) atoms. The summed E-state index contributed by atoms with van der Waals surface area (Å²) in [5.41, 5.74) is 17.5. The fourth-order valence-corrected chi connectivity index (χ4v) is 2.08. The zero-order chi connectivity index (χ0) is 12.3. The molecular weight excluding hydrogens is 208 g/mol. The standard InChI is InChI=1S/C15H18N2/c1-11-6-7-13(10-17)15(8-11)14-5-3-2-4-12(14)9-16/h2-8H,9-10,16-17H2,1H3. The molecule has 0 heterocycles. The number of rotatable bonds is 3. The van der Waals surface area contributed by atoms with E-state index in [9.17, 15) is 0 Å². The van der Waals surface area contributed by atoms with Gasteiger partial charge >= 0.3 is 0 Å². The molecule has 0 saturated carbocycles. The molecule has 2 heteroatoms. The maximum Gasteiger partial charge on any atom is 0.0184 e. The van der Waals surface area contributed by atoms with Crippen LogP contribution in [-0.2, 0) is 13.1 Å². The minimum Gasteiger partial charge on any atom is -0.326 e. The van der Waals surface area contributed by atoms with Gasteiger partial charge in [0.05, 0.1) is 0 Å². The molecule has 2 rings (SSSR count). The highest BCUT2D eigenvalue weighted by molar-refractivity contribution is 5.71. The molecule has 0 aliphatic carbocycles. The van der Waals surface area contributed by atoms with Crippen LogP contribution in [-0.4, -0.2) is 0 Å². The largest absolute Gasteiger partial charge is 0.326 e. The monoisotopic (exact) mass is 226 g/mol. The predicted octanol–water partition coefficient (Wildman–Crippen LogP) is 2.58. The van der Waals surface area contributed by atoms with E-state index in [0.717, 1.165) is 11.1 Å². The summed E-state index contributed by atoms with van der Waals surface area (Å²) in [6.45, 7) is 3.19. The summed E-state index contributed by atoms with van der Waals surface area (Å²) in [4.78, 5) is 0. The van der Waals surface area contributed by atoms with Gasteiger partial charge < -0.3 is 11.5 Å². The van der Waals surface area contributed by atoms with Crippen molar-refractivity contribution in [3.05, 3.63) is 59.2 Å². The van der Waals surface area contributed by atoms with Crippen molar-refractivity contribution < 1.29 is 0 Å². The van der Waals surface area contributed by atoms with Gasteiger partial charge in [0.25, 0.3) is 0 Å².